The number of ether oxygens (including phenoxy) is 2. The van der Waals surface area contributed by atoms with E-state index in [0.717, 1.165) is 5.56 Å². The molecule has 110 valence electrons. The Hall–Kier alpha value is -2.56. The van der Waals surface area contributed by atoms with E-state index in [9.17, 15) is 4.79 Å². The second-order valence-corrected chi connectivity index (χ2v) is 4.54. The number of hydrogen-bond acceptors (Lipinski definition) is 4. The molecule has 0 N–H and O–H groups in total. The van der Waals surface area contributed by atoms with Crippen molar-refractivity contribution in [2.45, 2.75) is 6.54 Å². The van der Waals surface area contributed by atoms with Gasteiger partial charge in [0.2, 0.25) is 0 Å². The summed E-state index contributed by atoms with van der Waals surface area (Å²) in [5.74, 6) is 1.07. The largest absolute Gasteiger partial charge is 0.493 e. The fraction of sp³-hybridized carbons (Fsp3) is 0.250. The number of amides is 1. The molecular weight excluding hydrogens is 268 g/mol. The molecule has 1 aromatic carbocycles. The van der Waals surface area contributed by atoms with Crippen LogP contribution in [0.5, 0.6) is 11.5 Å². The van der Waals surface area contributed by atoms with Crippen LogP contribution >= 0.6 is 0 Å². The predicted octanol–water partition coefficient (Wildman–Crippen LogP) is 2.13. The number of aromatic nitrogens is 1. The van der Waals surface area contributed by atoms with Gasteiger partial charge >= 0.3 is 0 Å². The van der Waals surface area contributed by atoms with Gasteiger partial charge in [-0.05, 0) is 29.8 Å². The van der Waals surface area contributed by atoms with E-state index in [4.69, 9.17) is 9.47 Å². The lowest BCUT2D eigenvalue weighted by molar-refractivity contribution is -0.132. The molecule has 0 atom stereocenters. The third-order valence-corrected chi connectivity index (χ3v) is 3.02. The molecule has 0 aliphatic carbocycles. The zero-order valence-corrected chi connectivity index (χ0v) is 12.2. The zero-order chi connectivity index (χ0) is 15.1. The van der Waals surface area contributed by atoms with Crippen molar-refractivity contribution >= 4 is 5.91 Å². The van der Waals surface area contributed by atoms with Crippen molar-refractivity contribution in [3.05, 3.63) is 54.4 Å². The highest BCUT2D eigenvalue weighted by Gasteiger charge is 2.11. The van der Waals surface area contributed by atoms with E-state index in [0.29, 0.717) is 18.0 Å². The fourth-order valence-corrected chi connectivity index (χ4v) is 1.84. The Kier molecular flexibility index (Phi) is 5.15. The lowest BCUT2D eigenvalue weighted by Gasteiger charge is -2.18. The van der Waals surface area contributed by atoms with E-state index in [1.54, 1.807) is 43.6 Å². The number of carbonyl (C=O) groups excluding carboxylic acids is 1. The van der Waals surface area contributed by atoms with Crippen LogP contribution in [0.3, 0.4) is 0 Å². The van der Waals surface area contributed by atoms with Gasteiger partial charge in [-0.3, -0.25) is 9.78 Å². The average molecular weight is 286 g/mol. The van der Waals surface area contributed by atoms with Crippen LogP contribution in [-0.4, -0.2) is 36.6 Å². The molecule has 0 fully saturated rings. The standard InChI is InChI=1S/C16H18N2O3/c1-18(11-13-7-9-17-10-8-13)16(19)12-21-15-6-4-3-5-14(15)20-2/h3-10H,11-12H2,1-2H3. The summed E-state index contributed by atoms with van der Waals surface area (Å²) in [5.41, 5.74) is 1.03. The molecule has 1 heterocycles. The number of benzene rings is 1. The summed E-state index contributed by atoms with van der Waals surface area (Å²) in [4.78, 5) is 17.6. The monoisotopic (exact) mass is 286 g/mol. The highest BCUT2D eigenvalue weighted by molar-refractivity contribution is 5.77. The van der Waals surface area contributed by atoms with E-state index in [1.165, 1.54) is 0 Å². The van der Waals surface area contributed by atoms with Crippen LogP contribution in [0, 0.1) is 0 Å². The Balaban J connectivity index is 1.89. The summed E-state index contributed by atoms with van der Waals surface area (Å²) in [6.45, 7) is 0.499. The summed E-state index contributed by atoms with van der Waals surface area (Å²) < 4.78 is 10.7. The van der Waals surface area contributed by atoms with Crippen LogP contribution in [0.4, 0.5) is 0 Å². The Morgan fingerprint density at radius 2 is 1.81 bits per heavy atom. The van der Waals surface area contributed by atoms with Crippen molar-refractivity contribution in [1.82, 2.24) is 9.88 Å². The Morgan fingerprint density at radius 3 is 2.48 bits per heavy atom. The number of methoxy groups -OCH3 is 1. The maximum Gasteiger partial charge on any atom is 0.260 e. The molecule has 1 amide bonds. The molecule has 0 aliphatic rings. The number of hydrogen-bond donors (Lipinski definition) is 0. The van der Waals surface area contributed by atoms with Gasteiger partial charge in [0.05, 0.1) is 7.11 Å². The first-order chi connectivity index (χ1) is 10.2. The molecule has 2 rings (SSSR count). The van der Waals surface area contributed by atoms with Crippen LogP contribution in [-0.2, 0) is 11.3 Å². The fourth-order valence-electron chi connectivity index (χ4n) is 1.84. The zero-order valence-electron chi connectivity index (χ0n) is 12.2. The third-order valence-electron chi connectivity index (χ3n) is 3.02. The Labute approximate surface area is 124 Å². The second kappa shape index (κ2) is 7.28. The molecule has 0 radical (unpaired) electrons. The molecule has 0 bridgehead atoms. The highest BCUT2D eigenvalue weighted by atomic mass is 16.5. The van der Waals surface area contributed by atoms with Crippen LogP contribution in [0.25, 0.3) is 0 Å². The molecule has 1 aromatic heterocycles. The van der Waals surface area contributed by atoms with Gasteiger partial charge in [0.15, 0.2) is 18.1 Å². The highest BCUT2D eigenvalue weighted by Crippen LogP contribution is 2.25. The summed E-state index contributed by atoms with van der Waals surface area (Å²) >= 11 is 0. The molecule has 5 nitrogen and oxygen atoms in total. The number of carbonyl (C=O) groups is 1. The summed E-state index contributed by atoms with van der Waals surface area (Å²) in [6, 6.07) is 11.0. The minimum atomic E-state index is -0.0993. The van der Waals surface area contributed by atoms with Crippen molar-refractivity contribution in [3.8, 4) is 11.5 Å². The Bertz CT molecular complexity index is 587. The van der Waals surface area contributed by atoms with Crippen LogP contribution in [0.1, 0.15) is 5.56 Å². The Morgan fingerprint density at radius 1 is 1.14 bits per heavy atom. The minimum Gasteiger partial charge on any atom is -0.493 e. The predicted molar refractivity (Wildman–Crippen MR) is 79.2 cm³/mol. The molecule has 0 aliphatic heterocycles. The lowest BCUT2D eigenvalue weighted by Crippen LogP contribution is -2.31. The van der Waals surface area contributed by atoms with E-state index in [2.05, 4.69) is 4.98 Å². The van der Waals surface area contributed by atoms with E-state index in [1.807, 2.05) is 24.3 Å². The van der Waals surface area contributed by atoms with Gasteiger partial charge in [-0.2, -0.15) is 0 Å². The number of rotatable bonds is 6. The first kappa shape index (κ1) is 14.8. The quantitative estimate of drug-likeness (QED) is 0.816. The van der Waals surface area contributed by atoms with Crippen molar-refractivity contribution in [2.24, 2.45) is 0 Å². The van der Waals surface area contributed by atoms with Gasteiger partial charge in [0.1, 0.15) is 0 Å². The average Bonchev–Trinajstić information content (AvgIpc) is 2.53. The van der Waals surface area contributed by atoms with E-state index >= 15 is 0 Å². The van der Waals surface area contributed by atoms with Crippen LogP contribution < -0.4 is 9.47 Å². The van der Waals surface area contributed by atoms with Gasteiger partial charge < -0.3 is 14.4 Å². The third kappa shape index (κ3) is 4.21. The topological polar surface area (TPSA) is 51.7 Å². The smallest absolute Gasteiger partial charge is 0.260 e. The molecule has 0 saturated carbocycles. The molecule has 0 unspecified atom stereocenters. The normalized spacial score (nSPS) is 10.0. The molecule has 5 heteroatoms. The van der Waals surface area contributed by atoms with Crippen molar-refractivity contribution in [2.75, 3.05) is 20.8 Å². The second-order valence-electron chi connectivity index (χ2n) is 4.54. The van der Waals surface area contributed by atoms with Gasteiger partial charge in [0, 0.05) is 26.0 Å². The van der Waals surface area contributed by atoms with Gasteiger partial charge in [-0.25, -0.2) is 0 Å². The maximum absolute atomic E-state index is 12.1. The van der Waals surface area contributed by atoms with Gasteiger partial charge in [0.25, 0.3) is 5.91 Å². The number of para-hydroxylation sites is 2. The number of pyridine rings is 1. The van der Waals surface area contributed by atoms with Crippen LogP contribution in [0.15, 0.2) is 48.8 Å². The van der Waals surface area contributed by atoms with E-state index < -0.39 is 0 Å². The van der Waals surface area contributed by atoms with Crippen molar-refractivity contribution < 1.29 is 14.3 Å². The van der Waals surface area contributed by atoms with Crippen LogP contribution in [0.2, 0.25) is 0 Å². The lowest BCUT2D eigenvalue weighted by atomic mass is 10.2. The molecule has 0 saturated heterocycles. The molecule has 21 heavy (non-hydrogen) atoms. The number of nitrogens with zero attached hydrogens (tertiary/aromatic N) is 2. The summed E-state index contributed by atoms with van der Waals surface area (Å²) in [6.07, 6.45) is 3.41. The van der Waals surface area contributed by atoms with Gasteiger partial charge in [-0.1, -0.05) is 12.1 Å². The number of likely N-dealkylation sites (N-methyl/N-ethyl adjacent to an activating group) is 1. The van der Waals surface area contributed by atoms with E-state index in [-0.39, 0.29) is 12.5 Å². The van der Waals surface area contributed by atoms with Crippen molar-refractivity contribution in [1.29, 1.82) is 0 Å². The molecular formula is C16H18N2O3. The van der Waals surface area contributed by atoms with Crippen molar-refractivity contribution in [3.63, 3.8) is 0 Å². The maximum atomic E-state index is 12.1. The first-order valence-corrected chi connectivity index (χ1v) is 6.59. The summed E-state index contributed by atoms with van der Waals surface area (Å²) in [5, 5.41) is 0. The molecule has 0 spiro atoms. The first-order valence-electron chi connectivity index (χ1n) is 6.59. The van der Waals surface area contributed by atoms with Gasteiger partial charge in [-0.15, -0.1) is 0 Å². The molecule has 2 aromatic rings. The SMILES string of the molecule is COc1ccccc1OCC(=O)N(C)Cc1ccncc1. The minimum absolute atomic E-state index is 0.0258. The summed E-state index contributed by atoms with van der Waals surface area (Å²) in [7, 11) is 3.31.